The Morgan fingerprint density at radius 1 is 0.830 bits per heavy atom. The highest BCUT2D eigenvalue weighted by Crippen LogP contribution is 2.23. The molecule has 1 saturated heterocycles. The summed E-state index contributed by atoms with van der Waals surface area (Å²) in [5.74, 6) is -4.60. The molecule has 1 aliphatic rings. The Bertz CT molecular complexity index is 1370. The van der Waals surface area contributed by atoms with E-state index in [4.69, 9.17) is 11.5 Å². The second-order valence-corrected chi connectivity index (χ2v) is 14.8. The van der Waals surface area contributed by atoms with Crippen LogP contribution in [0, 0.1) is 17.8 Å². The molecule has 0 spiro atoms. The summed E-state index contributed by atoms with van der Waals surface area (Å²) in [6.07, 6.45) is 3.92. The van der Waals surface area contributed by atoms with Gasteiger partial charge in [-0.05, 0) is 74.1 Å². The number of carbonyl (C=O) groups excluding carboxylic acids is 5. The number of rotatable bonds is 22. The lowest BCUT2D eigenvalue weighted by Crippen LogP contribution is -2.60. The SMILES string of the molecule is CC[C@@H](C)[C@H](NC(=O)[C@H](Cc1ccc(O)cc1)NC(=O)[C@H]1CCCN1C(=O)[C@@H](NC(=O)[C@H](N)CCCCN)[C@H](C)CC)C(=O)N[C@@H](CC(C)C)C(=O)O. The van der Waals surface area contributed by atoms with Gasteiger partial charge in [-0.25, -0.2) is 4.79 Å². The second-order valence-electron chi connectivity index (χ2n) is 14.8. The number of carboxylic acids is 1. The summed E-state index contributed by atoms with van der Waals surface area (Å²) in [7, 11) is 0. The molecule has 298 valence electrons. The monoisotopic (exact) mass is 745 g/mol. The van der Waals surface area contributed by atoms with Crippen molar-refractivity contribution in [2.24, 2.45) is 29.2 Å². The zero-order valence-corrected chi connectivity index (χ0v) is 32.2. The molecule has 10 N–H and O–H groups in total. The fourth-order valence-corrected chi connectivity index (χ4v) is 6.32. The van der Waals surface area contributed by atoms with Crippen LogP contribution in [0.25, 0.3) is 0 Å². The van der Waals surface area contributed by atoms with E-state index < -0.39 is 71.8 Å². The molecular formula is C38H63N7O8. The zero-order chi connectivity index (χ0) is 39.8. The van der Waals surface area contributed by atoms with Crippen molar-refractivity contribution in [3.63, 3.8) is 0 Å². The van der Waals surface area contributed by atoms with Gasteiger partial charge in [-0.3, -0.25) is 24.0 Å². The predicted octanol–water partition coefficient (Wildman–Crippen LogP) is 1.54. The third kappa shape index (κ3) is 13.9. The predicted molar refractivity (Wildman–Crippen MR) is 201 cm³/mol. The molecule has 1 aliphatic heterocycles. The smallest absolute Gasteiger partial charge is 0.326 e. The van der Waals surface area contributed by atoms with Crippen molar-refractivity contribution in [2.45, 2.75) is 136 Å². The molecule has 0 radical (unpaired) electrons. The van der Waals surface area contributed by atoms with Crippen molar-refractivity contribution in [3.8, 4) is 5.75 Å². The van der Waals surface area contributed by atoms with Gasteiger partial charge >= 0.3 is 5.97 Å². The first-order valence-corrected chi connectivity index (χ1v) is 19.0. The molecule has 1 aromatic carbocycles. The summed E-state index contributed by atoms with van der Waals surface area (Å²) in [6, 6.07) is -0.00774. The molecule has 0 bridgehead atoms. The van der Waals surface area contributed by atoms with Crippen LogP contribution in [0.3, 0.4) is 0 Å². The molecule has 0 aromatic heterocycles. The number of carbonyl (C=O) groups is 6. The fourth-order valence-electron chi connectivity index (χ4n) is 6.32. The van der Waals surface area contributed by atoms with Crippen molar-refractivity contribution in [2.75, 3.05) is 13.1 Å². The summed E-state index contributed by atoms with van der Waals surface area (Å²) in [5, 5.41) is 30.5. The molecule has 15 nitrogen and oxygen atoms in total. The second kappa shape index (κ2) is 22.1. The third-order valence-corrected chi connectivity index (χ3v) is 10.0. The van der Waals surface area contributed by atoms with E-state index >= 15 is 0 Å². The number of hydrogen-bond donors (Lipinski definition) is 8. The highest BCUT2D eigenvalue weighted by atomic mass is 16.4. The van der Waals surface area contributed by atoms with Crippen LogP contribution in [0.2, 0.25) is 0 Å². The molecule has 1 heterocycles. The molecule has 1 fully saturated rings. The summed E-state index contributed by atoms with van der Waals surface area (Å²) < 4.78 is 0. The minimum absolute atomic E-state index is 0.00788. The van der Waals surface area contributed by atoms with Crippen molar-refractivity contribution in [1.82, 2.24) is 26.2 Å². The quantitative estimate of drug-likeness (QED) is 0.0796. The minimum Gasteiger partial charge on any atom is -0.508 e. The van der Waals surface area contributed by atoms with E-state index in [0.717, 1.165) is 6.42 Å². The summed E-state index contributed by atoms with van der Waals surface area (Å²) in [5.41, 5.74) is 12.3. The van der Waals surface area contributed by atoms with Gasteiger partial charge in [0.05, 0.1) is 6.04 Å². The number of benzene rings is 1. The number of aliphatic carboxylic acids is 1. The number of nitrogens with one attached hydrogen (secondary N) is 4. The molecule has 53 heavy (non-hydrogen) atoms. The van der Waals surface area contributed by atoms with E-state index in [1.54, 1.807) is 19.1 Å². The first kappa shape index (κ1) is 44.9. The van der Waals surface area contributed by atoms with E-state index in [1.165, 1.54) is 17.0 Å². The van der Waals surface area contributed by atoms with Gasteiger partial charge in [-0.1, -0.05) is 72.9 Å². The molecule has 0 unspecified atom stereocenters. The molecule has 0 aliphatic carbocycles. The minimum atomic E-state index is -1.20. The number of amides is 5. The average molecular weight is 746 g/mol. The summed E-state index contributed by atoms with van der Waals surface area (Å²) in [6.45, 7) is 11.8. The number of aromatic hydroxyl groups is 1. The number of phenolic OH excluding ortho intramolecular Hbond substituents is 1. The largest absolute Gasteiger partial charge is 0.508 e. The van der Waals surface area contributed by atoms with Crippen LogP contribution in [0.1, 0.15) is 98.5 Å². The van der Waals surface area contributed by atoms with Gasteiger partial charge in [0.25, 0.3) is 0 Å². The average Bonchev–Trinajstić information content (AvgIpc) is 3.62. The Morgan fingerprint density at radius 3 is 2.00 bits per heavy atom. The van der Waals surface area contributed by atoms with Gasteiger partial charge in [-0.15, -0.1) is 0 Å². The lowest BCUT2D eigenvalue weighted by atomic mass is 9.96. The van der Waals surface area contributed by atoms with Crippen LogP contribution in [-0.2, 0) is 35.2 Å². The summed E-state index contributed by atoms with van der Waals surface area (Å²) in [4.78, 5) is 81.9. The third-order valence-electron chi connectivity index (χ3n) is 10.0. The van der Waals surface area contributed by atoms with E-state index in [2.05, 4.69) is 21.3 Å². The molecule has 2 rings (SSSR count). The summed E-state index contributed by atoms with van der Waals surface area (Å²) >= 11 is 0. The maximum atomic E-state index is 14.0. The van der Waals surface area contributed by atoms with Crippen LogP contribution < -0.4 is 32.7 Å². The van der Waals surface area contributed by atoms with Crippen molar-refractivity contribution >= 4 is 35.5 Å². The number of nitrogens with two attached hydrogens (primary N) is 2. The highest BCUT2D eigenvalue weighted by molar-refractivity contribution is 5.97. The molecule has 15 heteroatoms. The normalized spacial score (nSPS) is 18.2. The van der Waals surface area contributed by atoms with Gasteiger partial charge in [0.1, 0.15) is 36.0 Å². The fraction of sp³-hybridized carbons (Fsp3) is 0.684. The molecule has 1 aromatic rings. The van der Waals surface area contributed by atoms with Crippen LogP contribution in [0.4, 0.5) is 0 Å². The zero-order valence-electron chi connectivity index (χ0n) is 32.2. The Balaban J connectivity index is 2.35. The van der Waals surface area contributed by atoms with E-state index in [1.807, 2.05) is 34.6 Å². The van der Waals surface area contributed by atoms with Crippen molar-refractivity contribution < 1.29 is 39.0 Å². The van der Waals surface area contributed by atoms with Crippen LogP contribution >= 0.6 is 0 Å². The van der Waals surface area contributed by atoms with Crippen LogP contribution in [-0.4, -0.2) is 100.0 Å². The number of nitrogens with zero attached hydrogens (tertiary/aromatic N) is 1. The molecule has 5 amide bonds. The first-order chi connectivity index (χ1) is 25.0. The van der Waals surface area contributed by atoms with E-state index in [9.17, 15) is 39.0 Å². The van der Waals surface area contributed by atoms with Gasteiger partial charge in [-0.2, -0.15) is 0 Å². The first-order valence-electron chi connectivity index (χ1n) is 19.0. The number of unbranched alkanes of at least 4 members (excludes halogenated alkanes) is 1. The van der Waals surface area contributed by atoms with Gasteiger partial charge in [0, 0.05) is 13.0 Å². The number of phenols is 1. The maximum absolute atomic E-state index is 14.0. The lowest BCUT2D eigenvalue weighted by molar-refractivity contribution is -0.143. The number of likely N-dealkylation sites (tertiary alicyclic amines) is 1. The molecular weight excluding hydrogens is 682 g/mol. The number of carboxylic acid groups (broad SMARTS) is 1. The lowest BCUT2D eigenvalue weighted by Gasteiger charge is -2.33. The Labute approximate surface area is 313 Å². The Hall–Kier alpha value is -4.24. The maximum Gasteiger partial charge on any atom is 0.326 e. The van der Waals surface area contributed by atoms with E-state index in [0.29, 0.717) is 50.6 Å². The topological polar surface area (TPSA) is 246 Å². The standard InChI is InChI=1S/C38H63N7O8/c1-7-23(5)31(36(50)42-29(38(52)53)20-22(3)4)43-34(48)28(21-25-14-16-26(46)17-15-25)41-35(49)30-13-11-19-45(30)37(51)32(24(6)8-2)44-33(47)27(40)12-9-10-18-39/h14-17,22-24,27-32,46H,7-13,18-21,39-40H2,1-6H3,(H,41,49)(H,42,50)(H,43,48)(H,44,47)(H,52,53)/t23-,24-,27-,28+,29+,30-,31+,32+/m1/s1. The highest BCUT2D eigenvalue weighted by Gasteiger charge is 2.41. The van der Waals surface area contributed by atoms with Crippen LogP contribution in [0.15, 0.2) is 24.3 Å². The Kier molecular flexibility index (Phi) is 18.7. The number of hydrogen-bond acceptors (Lipinski definition) is 9. The van der Waals surface area contributed by atoms with Gasteiger partial charge < -0.3 is 47.8 Å². The van der Waals surface area contributed by atoms with Gasteiger partial charge in [0.15, 0.2) is 0 Å². The Morgan fingerprint density at radius 2 is 1.43 bits per heavy atom. The van der Waals surface area contributed by atoms with Crippen molar-refractivity contribution in [3.05, 3.63) is 29.8 Å². The van der Waals surface area contributed by atoms with E-state index in [-0.39, 0.29) is 42.9 Å². The van der Waals surface area contributed by atoms with Gasteiger partial charge in [0.2, 0.25) is 29.5 Å². The van der Waals surface area contributed by atoms with Crippen molar-refractivity contribution in [1.29, 1.82) is 0 Å². The van der Waals surface area contributed by atoms with Crippen LogP contribution in [0.5, 0.6) is 5.75 Å². The molecule has 8 atom stereocenters. The molecule has 0 saturated carbocycles.